The first kappa shape index (κ1) is 26.2. The van der Waals surface area contributed by atoms with Crippen LogP contribution in [0, 0.1) is 27.2 Å². The number of methoxy groups -OCH3 is 1. The van der Waals surface area contributed by atoms with Gasteiger partial charge in [0.15, 0.2) is 34.7 Å². The second-order valence-electron chi connectivity index (χ2n) is 9.93. The first-order valence-corrected chi connectivity index (χ1v) is 12.9. The fourth-order valence-electron chi connectivity index (χ4n) is 6.25. The molecule has 2 aromatic carbocycles. The maximum atomic E-state index is 13.8. The summed E-state index contributed by atoms with van der Waals surface area (Å²) < 4.78 is 5.78. The minimum Gasteiger partial charge on any atom is -0.506 e. The molecule has 3 aliphatic carbocycles. The molecule has 0 bridgehead atoms. The molecule has 0 heterocycles. The lowest BCUT2D eigenvalue weighted by atomic mass is 9.53. The number of benzene rings is 2. The summed E-state index contributed by atoms with van der Waals surface area (Å²) >= 11 is 1.85. The maximum Gasteiger partial charge on any atom is 0.235 e. The summed E-state index contributed by atoms with van der Waals surface area (Å²) in [6.45, 7) is 0. The maximum absolute atomic E-state index is 13.8. The minimum absolute atomic E-state index is 0.0151. The van der Waals surface area contributed by atoms with E-state index >= 15 is 0 Å². The zero-order valence-electron chi connectivity index (χ0n) is 20.0. The van der Waals surface area contributed by atoms with E-state index in [9.17, 15) is 39.0 Å². The SMILES string of the molecule is COc1ccc(C=O)cc1-c1cc(I)c(O)c2c1C[C@H]1C[C@H]3CC(=O)C(C(N)=O)C(=O)[C@@]3(O)C(=O)C1C2=O. The lowest BCUT2D eigenvalue weighted by Gasteiger charge is -2.48. The molecule has 2 aromatic rings. The van der Waals surface area contributed by atoms with Gasteiger partial charge < -0.3 is 20.7 Å². The molecule has 2 fully saturated rings. The van der Waals surface area contributed by atoms with Crippen molar-refractivity contribution in [3.8, 4) is 22.6 Å². The third-order valence-corrected chi connectivity index (χ3v) is 8.83. The van der Waals surface area contributed by atoms with Gasteiger partial charge >= 0.3 is 0 Å². The zero-order valence-corrected chi connectivity index (χ0v) is 22.2. The second-order valence-corrected chi connectivity index (χ2v) is 11.1. The summed E-state index contributed by atoms with van der Waals surface area (Å²) in [6, 6.07) is 6.43. The highest BCUT2D eigenvalue weighted by atomic mass is 127. The van der Waals surface area contributed by atoms with Gasteiger partial charge in [-0.1, -0.05) is 0 Å². The van der Waals surface area contributed by atoms with E-state index in [1.807, 2.05) is 22.6 Å². The van der Waals surface area contributed by atoms with Gasteiger partial charge in [-0.25, -0.2) is 0 Å². The molecule has 2 unspecified atom stereocenters. The van der Waals surface area contributed by atoms with Gasteiger partial charge in [0.25, 0.3) is 0 Å². The Labute approximate surface area is 229 Å². The van der Waals surface area contributed by atoms with Gasteiger partial charge in [-0.15, -0.1) is 0 Å². The number of fused-ring (bicyclic) bond motifs is 3. The minimum atomic E-state index is -2.70. The van der Waals surface area contributed by atoms with Gasteiger partial charge in [0.05, 0.1) is 22.2 Å². The Morgan fingerprint density at radius 1 is 1.13 bits per heavy atom. The fraction of sp³-hybridized carbons (Fsp3) is 0.333. The topological polar surface area (TPSA) is 178 Å². The number of ether oxygens (including phenoxy) is 1. The van der Waals surface area contributed by atoms with Gasteiger partial charge in [0.1, 0.15) is 17.8 Å². The second kappa shape index (κ2) is 9.09. The van der Waals surface area contributed by atoms with Crippen molar-refractivity contribution in [2.45, 2.75) is 24.9 Å². The summed E-state index contributed by atoms with van der Waals surface area (Å²) in [6.07, 6.45) is 0.351. The largest absolute Gasteiger partial charge is 0.506 e. The molecule has 38 heavy (non-hydrogen) atoms. The van der Waals surface area contributed by atoms with Crippen molar-refractivity contribution in [2.24, 2.45) is 29.4 Å². The molecule has 0 spiro atoms. The van der Waals surface area contributed by atoms with Crippen LogP contribution >= 0.6 is 22.6 Å². The molecule has 0 saturated heterocycles. The molecule has 5 rings (SSSR count). The molecule has 3 aliphatic rings. The number of carbonyl (C=O) groups is 6. The van der Waals surface area contributed by atoms with Gasteiger partial charge in [0.2, 0.25) is 5.91 Å². The Balaban J connectivity index is 1.68. The average molecular weight is 631 g/mol. The highest BCUT2D eigenvalue weighted by Gasteiger charge is 2.66. The van der Waals surface area contributed by atoms with Crippen LogP contribution in [0.1, 0.15) is 39.1 Å². The molecular formula is C27H22INO9. The molecule has 5 atom stereocenters. The fourth-order valence-corrected chi connectivity index (χ4v) is 6.83. The lowest BCUT2D eigenvalue weighted by molar-refractivity contribution is -0.175. The predicted molar refractivity (Wildman–Crippen MR) is 139 cm³/mol. The number of hydrogen-bond acceptors (Lipinski definition) is 9. The molecule has 4 N–H and O–H groups in total. The highest BCUT2D eigenvalue weighted by molar-refractivity contribution is 14.1. The van der Waals surface area contributed by atoms with Crippen LogP contribution in [0.5, 0.6) is 11.5 Å². The van der Waals surface area contributed by atoms with Crippen LogP contribution in [0.25, 0.3) is 11.1 Å². The van der Waals surface area contributed by atoms with E-state index in [4.69, 9.17) is 10.5 Å². The van der Waals surface area contributed by atoms with E-state index in [0.717, 1.165) is 0 Å². The van der Waals surface area contributed by atoms with E-state index in [2.05, 4.69) is 0 Å². The number of aldehydes is 1. The van der Waals surface area contributed by atoms with Crippen molar-refractivity contribution in [3.63, 3.8) is 0 Å². The van der Waals surface area contributed by atoms with E-state index in [1.165, 1.54) is 7.11 Å². The quantitative estimate of drug-likeness (QED) is 0.256. The number of primary amides is 1. The molecule has 0 aromatic heterocycles. The third kappa shape index (κ3) is 3.55. The molecular weight excluding hydrogens is 609 g/mol. The van der Waals surface area contributed by atoms with Gasteiger partial charge in [-0.3, -0.25) is 28.8 Å². The van der Waals surface area contributed by atoms with Crippen LogP contribution in [0.2, 0.25) is 0 Å². The number of phenols is 1. The van der Waals surface area contributed by atoms with Crippen molar-refractivity contribution in [2.75, 3.05) is 7.11 Å². The monoisotopic (exact) mass is 631 g/mol. The van der Waals surface area contributed by atoms with Gasteiger partial charge in [-0.05, 0) is 76.7 Å². The number of amides is 1. The normalized spacial score (nSPS) is 28.3. The van der Waals surface area contributed by atoms with Crippen LogP contribution < -0.4 is 10.5 Å². The van der Waals surface area contributed by atoms with Crippen molar-refractivity contribution in [1.29, 1.82) is 0 Å². The third-order valence-electron chi connectivity index (χ3n) is 8.01. The number of phenolic OH excluding ortho intramolecular Hbond substituents is 1. The standard InChI is InChI=1S/C27H22INO9/c1-38-18-3-2-10(9-30)4-14(18)13-8-16(28)22(32)20-15(13)6-11-5-12-7-17(31)21(26(29)36)25(35)27(12,37)24(34)19(11)23(20)33/h2-4,8-9,11-12,19,21,32,37H,5-7H2,1H3,(H2,29,36)/t11-,12+,19?,21?,27+/m1/s1. The number of Topliss-reactive ketones (excluding diaryl/α,β-unsaturated/α-hetero) is 4. The number of rotatable bonds is 4. The number of nitrogens with two attached hydrogens (primary N) is 1. The summed E-state index contributed by atoms with van der Waals surface area (Å²) in [7, 11) is 1.45. The van der Waals surface area contributed by atoms with E-state index < -0.39 is 64.7 Å². The van der Waals surface area contributed by atoms with E-state index in [0.29, 0.717) is 37.9 Å². The molecule has 1 amide bonds. The summed E-state index contributed by atoms with van der Waals surface area (Å²) in [4.78, 5) is 76.4. The molecule has 10 nitrogen and oxygen atoms in total. The number of halogens is 1. The van der Waals surface area contributed by atoms with Crippen molar-refractivity contribution >= 4 is 57.9 Å². The van der Waals surface area contributed by atoms with E-state index in [-0.39, 0.29) is 24.2 Å². The number of carbonyl (C=O) groups excluding carboxylic acids is 6. The predicted octanol–water partition coefficient (Wildman–Crippen LogP) is 1.42. The molecule has 0 radical (unpaired) electrons. The number of aromatic hydroxyl groups is 1. The first-order valence-electron chi connectivity index (χ1n) is 11.8. The Kier molecular flexibility index (Phi) is 6.26. The highest BCUT2D eigenvalue weighted by Crippen LogP contribution is 2.52. The molecule has 11 heteroatoms. The van der Waals surface area contributed by atoms with E-state index in [1.54, 1.807) is 24.3 Å². The van der Waals surface area contributed by atoms with Gasteiger partial charge in [-0.2, -0.15) is 0 Å². The molecule has 2 saturated carbocycles. The Morgan fingerprint density at radius 3 is 2.47 bits per heavy atom. The number of ketones is 4. The van der Waals surface area contributed by atoms with Crippen molar-refractivity contribution in [3.05, 3.63) is 44.5 Å². The molecule has 196 valence electrons. The summed E-state index contributed by atoms with van der Waals surface area (Å²) in [5, 5.41) is 22.3. The first-order chi connectivity index (χ1) is 17.9. The summed E-state index contributed by atoms with van der Waals surface area (Å²) in [5.74, 6) is -10.3. The van der Waals surface area contributed by atoms with Crippen LogP contribution in [-0.4, -0.2) is 58.3 Å². The number of aliphatic hydroxyl groups is 1. The van der Waals surface area contributed by atoms with Crippen LogP contribution in [0.15, 0.2) is 24.3 Å². The Hall–Kier alpha value is -3.45. The molecule has 0 aliphatic heterocycles. The average Bonchev–Trinajstić information content (AvgIpc) is 2.87. The Morgan fingerprint density at radius 2 is 1.84 bits per heavy atom. The smallest absolute Gasteiger partial charge is 0.235 e. The van der Waals surface area contributed by atoms with Crippen molar-refractivity contribution in [1.82, 2.24) is 0 Å². The van der Waals surface area contributed by atoms with Crippen LogP contribution in [0.3, 0.4) is 0 Å². The summed E-state index contributed by atoms with van der Waals surface area (Å²) in [5.41, 5.74) is 4.20. The number of hydrogen-bond donors (Lipinski definition) is 3. The van der Waals surface area contributed by atoms with Gasteiger partial charge in [0, 0.05) is 23.5 Å². The van der Waals surface area contributed by atoms with Crippen LogP contribution in [0.4, 0.5) is 0 Å². The Bertz CT molecular complexity index is 1480. The van der Waals surface area contributed by atoms with Crippen LogP contribution in [-0.2, 0) is 25.6 Å². The van der Waals surface area contributed by atoms with Crippen molar-refractivity contribution < 1.29 is 43.7 Å². The zero-order chi connectivity index (χ0) is 27.7. The lowest BCUT2D eigenvalue weighted by Crippen LogP contribution is -2.68.